The van der Waals surface area contributed by atoms with E-state index in [1.54, 1.807) is 30.5 Å². The van der Waals surface area contributed by atoms with E-state index in [2.05, 4.69) is 5.16 Å². The zero-order valence-electron chi connectivity index (χ0n) is 17.7. The van der Waals surface area contributed by atoms with Crippen molar-refractivity contribution >= 4 is 27.7 Å². The first-order valence-corrected chi connectivity index (χ1v) is 12.9. The Kier molecular flexibility index (Phi) is 6.71. The van der Waals surface area contributed by atoms with Gasteiger partial charge < -0.3 is 14.2 Å². The summed E-state index contributed by atoms with van der Waals surface area (Å²) in [4.78, 5) is 16.0. The number of hydrogen-bond donors (Lipinski definition) is 0. The molecular weight excluding hydrogens is 438 g/mol. The van der Waals surface area contributed by atoms with Gasteiger partial charge in [-0.2, -0.15) is 4.31 Å². The van der Waals surface area contributed by atoms with Gasteiger partial charge in [0.2, 0.25) is 10.0 Å². The van der Waals surface area contributed by atoms with E-state index in [-0.39, 0.29) is 35.8 Å². The summed E-state index contributed by atoms with van der Waals surface area (Å²) >= 11 is 1.65. The molecule has 1 atom stereocenters. The number of sulfonamides is 1. The SMILES string of the molecule is Cc1noc(C)c1S(=O)(=O)N1CCN(C(=O)c2ccccc2SCC2CCCO2)CC1. The molecule has 0 aliphatic carbocycles. The van der Waals surface area contributed by atoms with Crippen LogP contribution in [0.4, 0.5) is 0 Å². The van der Waals surface area contributed by atoms with Gasteiger partial charge in [-0.1, -0.05) is 17.3 Å². The summed E-state index contributed by atoms with van der Waals surface area (Å²) < 4.78 is 38.1. The number of aryl methyl sites for hydroxylation is 2. The van der Waals surface area contributed by atoms with E-state index in [1.807, 2.05) is 24.3 Å². The summed E-state index contributed by atoms with van der Waals surface area (Å²) in [5.41, 5.74) is 1.01. The molecule has 31 heavy (non-hydrogen) atoms. The van der Waals surface area contributed by atoms with Crippen LogP contribution in [0.25, 0.3) is 0 Å². The van der Waals surface area contributed by atoms with Gasteiger partial charge in [0.15, 0.2) is 5.76 Å². The summed E-state index contributed by atoms with van der Waals surface area (Å²) in [5.74, 6) is 1.05. The Hall–Kier alpha value is -1.88. The van der Waals surface area contributed by atoms with E-state index < -0.39 is 10.0 Å². The molecule has 2 fully saturated rings. The smallest absolute Gasteiger partial charge is 0.255 e. The Morgan fingerprint density at radius 3 is 2.58 bits per heavy atom. The van der Waals surface area contributed by atoms with Crippen LogP contribution in [0.2, 0.25) is 0 Å². The summed E-state index contributed by atoms with van der Waals surface area (Å²) in [6.45, 7) is 5.18. The number of hydrogen-bond acceptors (Lipinski definition) is 7. The van der Waals surface area contributed by atoms with Gasteiger partial charge in [-0.15, -0.1) is 11.8 Å². The Balaban J connectivity index is 1.42. The topological polar surface area (TPSA) is 93.0 Å². The van der Waals surface area contributed by atoms with Crippen molar-refractivity contribution in [1.29, 1.82) is 0 Å². The Labute approximate surface area is 187 Å². The minimum Gasteiger partial charge on any atom is -0.377 e. The molecule has 10 heteroatoms. The van der Waals surface area contributed by atoms with Crippen LogP contribution in [-0.4, -0.2) is 73.3 Å². The third kappa shape index (κ3) is 4.67. The molecule has 3 heterocycles. The molecule has 1 aromatic heterocycles. The standard InChI is InChI=1S/C21H27N3O5S2/c1-15-20(16(2)29-22-15)31(26,27)24-11-9-23(10-12-24)21(25)18-7-3-4-8-19(18)30-14-17-6-5-13-28-17/h3-4,7-8,17H,5-6,9-14H2,1-2H3. The second-order valence-corrected chi connectivity index (χ2v) is 10.7. The van der Waals surface area contributed by atoms with Crippen LogP contribution >= 0.6 is 11.8 Å². The van der Waals surface area contributed by atoms with Gasteiger partial charge in [0.25, 0.3) is 5.91 Å². The number of aromatic nitrogens is 1. The number of ether oxygens (including phenoxy) is 1. The number of nitrogens with zero attached hydrogens (tertiary/aromatic N) is 3. The van der Waals surface area contributed by atoms with Crippen LogP contribution in [0, 0.1) is 13.8 Å². The Bertz CT molecular complexity index is 1020. The maximum Gasteiger partial charge on any atom is 0.255 e. The van der Waals surface area contributed by atoms with Gasteiger partial charge in [-0.3, -0.25) is 4.79 Å². The van der Waals surface area contributed by atoms with Gasteiger partial charge in [0.1, 0.15) is 10.6 Å². The van der Waals surface area contributed by atoms with Crippen molar-refractivity contribution in [3.8, 4) is 0 Å². The number of rotatable bonds is 6. The number of carbonyl (C=O) groups is 1. The molecule has 2 saturated heterocycles. The first-order chi connectivity index (χ1) is 14.9. The summed E-state index contributed by atoms with van der Waals surface area (Å²) in [7, 11) is -3.70. The minimum absolute atomic E-state index is 0.0650. The molecule has 0 saturated carbocycles. The third-order valence-electron chi connectivity index (χ3n) is 5.66. The van der Waals surface area contributed by atoms with Crippen molar-refractivity contribution in [1.82, 2.24) is 14.4 Å². The van der Waals surface area contributed by atoms with Crippen molar-refractivity contribution in [2.45, 2.75) is 42.6 Å². The fraction of sp³-hybridized carbons (Fsp3) is 0.524. The molecule has 4 rings (SSSR count). The minimum atomic E-state index is -3.70. The second-order valence-electron chi connectivity index (χ2n) is 7.79. The molecule has 1 amide bonds. The van der Waals surface area contributed by atoms with Crippen LogP contribution in [0.1, 0.15) is 34.7 Å². The number of thioether (sulfide) groups is 1. The van der Waals surface area contributed by atoms with Crippen molar-refractivity contribution < 1.29 is 22.5 Å². The van der Waals surface area contributed by atoms with Crippen LogP contribution in [-0.2, 0) is 14.8 Å². The van der Waals surface area contributed by atoms with E-state index in [4.69, 9.17) is 9.26 Å². The zero-order valence-corrected chi connectivity index (χ0v) is 19.4. The van der Waals surface area contributed by atoms with Crippen LogP contribution < -0.4 is 0 Å². The largest absolute Gasteiger partial charge is 0.377 e. The van der Waals surface area contributed by atoms with Crippen LogP contribution in [0.5, 0.6) is 0 Å². The van der Waals surface area contributed by atoms with E-state index in [1.165, 1.54) is 4.31 Å². The van der Waals surface area contributed by atoms with Crippen LogP contribution in [0.15, 0.2) is 38.6 Å². The summed E-state index contributed by atoms with van der Waals surface area (Å²) in [6, 6.07) is 7.60. The molecule has 2 aromatic rings. The molecule has 2 aliphatic rings. The van der Waals surface area contributed by atoms with E-state index in [9.17, 15) is 13.2 Å². The summed E-state index contributed by atoms with van der Waals surface area (Å²) in [5, 5.41) is 3.76. The Morgan fingerprint density at radius 1 is 1.19 bits per heavy atom. The first-order valence-electron chi connectivity index (χ1n) is 10.4. The van der Waals surface area contributed by atoms with E-state index >= 15 is 0 Å². The highest BCUT2D eigenvalue weighted by atomic mass is 32.2. The molecule has 0 bridgehead atoms. The lowest BCUT2D eigenvalue weighted by Gasteiger charge is -2.34. The van der Waals surface area contributed by atoms with Crippen molar-refractivity contribution in [2.24, 2.45) is 0 Å². The Morgan fingerprint density at radius 2 is 1.94 bits per heavy atom. The maximum absolute atomic E-state index is 13.2. The fourth-order valence-corrected chi connectivity index (χ4v) is 6.83. The van der Waals surface area contributed by atoms with Crippen molar-refractivity contribution in [2.75, 3.05) is 38.5 Å². The second kappa shape index (κ2) is 9.32. The lowest BCUT2D eigenvalue weighted by Crippen LogP contribution is -2.50. The molecule has 0 radical (unpaired) electrons. The van der Waals surface area contributed by atoms with E-state index in [0.717, 1.165) is 30.1 Å². The average molecular weight is 466 g/mol. The fourth-order valence-electron chi connectivity index (χ4n) is 4.00. The van der Waals surface area contributed by atoms with Gasteiger partial charge in [-0.05, 0) is 38.8 Å². The highest BCUT2D eigenvalue weighted by molar-refractivity contribution is 7.99. The molecular formula is C21H27N3O5S2. The van der Waals surface area contributed by atoms with Gasteiger partial charge in [0, 0.05) is 43.4 Å². The lowest BCUT2D eigenvalue weighted by atomic mass is 10.2. The quantitative estimate of drug-likeness (QED) is 0.606. The van der Waals surface area contributed by atoms with Gasteiger partial charge >= 0.3 is 0 Å². The molecule has 1 aromatic carbocycles. The third-order valence-corrected chi connectivity index (χ3v) is 9.01. The molecule has 0 N–H and O–H groups in total. The van der Waals surface area contributed by atoms with Crippen LogP contribution in [0.3, 0.4) is 0 Å². The molecule has 1 unspecified atom stereocenters. The predicted molar refractivity (Wildman–Crippen MR) is 117 cm³/mol. The average Bonchev–Trinajstić information content (AvgIpc) is 3.41. The lowest BCUT2D eigenvalue weighted by molar-refractivity contribution is 0.0694. The number of benzene rings is 1. The monoisotopic (exact) mass is 465 g/mol. The summed E-state index contributed by atoms with van der Waals surface area (Å²) in [6.07, 6.45) is 2.39. The molecule has 0 spiro atoms. The number of carbonyl (C=O) groups excluding carboxylic acids is 1. The number of amides is 1. The van der Waals surface area contributed by atoms with Gasteiger partial charge in [-0.25, -0.2) is 8.42 Å². The molecule has 2 aliphatic heterocycles. The predicted octanol–water partition coefficient (Wildman–Crippen LogP) is 2.71. The highest BCUT2D eigenvalue weighted by Crippen LogP contribution is 2.29. The maximum atomic E-state index is 13.2. The van der Waals surface area contributed by atoms with Crippen molar-refractivity contribution in [3.05, 3.63) is 41.3 Å². The normalized spacial score (nSPS) is 20.3. The highest BCUT2D eigenvalue weighted by Gasteiger charge is 2.34. The first kappa shape index (κ1) is 22.3. The van der Waals surface area contributed by atoms with Crippen molar-refractivity contribution in [3.63, 3.8) is 0 Å². The molecule has 168 valence electrons. The van der Waals surface area contributed by atoms with Gasteiger partial charge in [0.05, 0.1) is 11.7 Å². The molecule has 8 nitrogen and oxygen atoms in total. The number of piperazine rings is 1. The van der Waals surface area contributed by atoms with E-state index in [0.29, 0.717) is 24.3 Å². The zero-order chi connectivity index (χ0) is 22.0.